The number of imide groups is 1. The third kappa shape index (κ3) is 4.40. The molecule has 188 valence electrons. The van der Waals surface area contributed by atoms with E-state index in [1.807, 2.05) is 0 Å². The second-order valence-corrected chi connectivity index (χ2v) is 9.24. The van der Waals surface area contributed by atoms with E-state index in [9.17, 15) is 27.6 Å². The summed E-state index contributed by atoms with van der Waals surface area (Å²) < 4.78 is 39.3. The molecule has 1 aliphatic heterocycles. The number of fused-ring (bicyclic) bond motifs is 1. The van der Waals surface area contributed by atoms with Crippen molar-refractivity contribution in [3.63, 3.8) is 0 Å². The predicted molar refractivity (Wildman–Crippen MR) is 124 cm³/mol. The van der Waals surface area contributed by atoms with Crippen molar-refractivity contribution in [2.24, 2.45) is 0 Å². The normalized spacial score (nSPS) is 18.5. The first-order valence-corrected chi connectivity index (χ1v) is 11.7. The number of hydrogen-bond donors (Lipinski definition) is 3. The monoisotopic (exact) mass is 499 g/mol. The molecular weight excluding hydrogens is 475 g/mol. The number of carbonyl (C=O) groups is 3. The summed E-state index contributed by atoms with van der Waals surface area (Å²) in [4.78, 5) is 45.5. The van der Waals surface area contributed by atoms with E-state index in [1.165, 1.54) is 12.1 Å². The van der Waals surface area contributed by atoms with Crippen LogP contribution in [-0.2, 0) is 15.8 Å². The van der Waals surface area contributed by atoms with Gasteiger partial charge < -0.3 is 15.6 Å². The predicted octanol–water partition coefficient (Wildman–Crippen LogP) is 4.04. The standard InChI is InChI=1S/C25H24F3N5O3/c26-25(27,28)21-29-17-10-9-16(13-18(17)30-21)20(15-7-3-1-4-8-15)31-19(34)14-33-22(35)24(32-23(33)36)11-5-2-6-12-24/h1,3-4,7-10,13,20H,2,5-6,11-12,14H2,(H,29,30)(H,31,34)(H,32,36). The van der Waals surface area contributed by atoms with Gasteiger partial charge in [0.25, 0.3) is 5.91 Å². The number of carbonyl (C=O) groups excluding carboxylic acids is 3. The Labute approximate surface area is 204 Å². The lowest BCUT2D eigenvalue weighted by Crippen LogP contribution is -2.49. The summed E-state index contributed by atoms with van der Waals surface area (Å²) in [6, 6.07) is 12.1. The average Bonchev–Trinajstić information content (AvgIpc) is 3.39. The van der Waals surface area contributed by atoms with Crippen LogP contribution >= 0.6 is 0 Å². The highest BCUT2D eigenvalue weighted by Gasteiger charge is 2.51. The number of urea groups is 1. The van der Waals surface area contributed by atoms with E-state index < -0.39 is 48.0 Å². The van der Waals surface area contributed by atoms with Gasteiger partial charge in [-0.2, -0.15) is 13.2 Å². The molecule has 1 saturated carbocycles. The van der Waals surface area contributed by atoms with Crippen LogP contribution in [0.1, 0.15) is 55.1 Å². The second kappa shape index (κ2) is 8.96. The number of nitrogens with one attached hydrogen (secondary N) is 3. The van der Waals surface area contributed by atoms with E-state index in [1.54, 1.807) is 36.4 Å². The molecule has 2 aromatic carbocycles. The lowest BCUT2D eigenvalue weighted by atomic mass is 9.82. The largest absolute Gasteiger partial charge is 0.449 e. The smallest absolute Gasteiger partial charge is 0.344 e. The molecule has 2 heterocycles. The van der Waals surface area contributed by atoms with Crippen molar-refractivity contribution >= 4 is 28.9 Å². The number of alkyl halides is 3. The highest BCUT2D eigenvalue weighted by Crippen LogP contribution is 2.34. The van der Waals surface area contributed by atoms with E-state index >= 15 is 0 Å². The summed E-state index contributed by atoms with van der Waals surface area (Å²) in [5.74, 6) is -2.07. The molecule has 0 radical (unpaired) electrons. The van der Waals surface area contributed by atoms with Crippen molar-refractivity contribution in [2.45, 2.75) is 49.9 Å². The molecule has 1 aromatic heterocycles. The zero-order valence-electron chi connectivity index (χ0n) is 19.2. The van der Waals surface area contributed by atoms with Gasteiger partial charge in [-0.05, 0) is 36.1 Å². The number of hydrogen-bond acceptors (Lipinski definition) is 4. The number of halogens is 3. The van der Waals surface area contributed by atoms with E-state index in [0.717, 1.165) is 24.2 Å². The summed E-state index contributed by atoms with van der Waals surface area (Å²) in [6.45, 7) is -0.458. The maximum absolute atomic E-state index is 13.1. The van der Waals surface area contributed by atoms with Crippen molar-refractivity contribution in [3.05, 3.63) is 65.5 Å². The van der Waals surface area contributed by atoms with Gasteiger partial charge in [-0.15, -0.1) is 0 Å². The minimum atomic E-state index is -4.62. The zero-order chi connectivity index (χ0) is 25.5. The van der Waals surface area contributed by atoms with Crippen molar-refractivity contribution in [1.29, 1.82) is 0 Å². The first kappa shape index (κ1) is 23.8. The maximum Gasteiger partial charge on any atom is 0.449 e. The topological polar surface area (TPSA) is 107 Å². The Balaban J connectivity index is 1.40. The van der Waals surface area contributed by atoms with Crippen LogP contribution in [-0.4, -0.2) is 44.8 Å². The Bertz CT molecular complexity index is 1320. The molecule has 1 saturated heterocycles. The van der Waals surface area contributed by atoms with Crippen LogP contribution in [0.25, 0.3) is 11.0 Å². The number of imidazole rings is 1. The van der Waals surface area contributed by atoms with Crippen molar-refractivity contribution in [1.82, 2.24) is 25.5 Å². The molecular formula is C25H24F3N5O3. The molecule has 11 heteroatoms. The molecule has 0 bridgehead atoms. The Morgan fingerprint density at radius 3 is 2.47 bits per heavy atom. The van der Waals surface area contributed by atoms with Crippen molar-refractivity contribution in [2.75, 3.05) is 6.54 Å². The Hall–Kier alpha value is -3.89. The Morgan fingerprint density at radius 2 is 1.78 bits per heavy atom. The van der Waals surface area contributed by atoms with Crippen LogP contribution in [0.15, 0.2) is 48.5 Å². The van der Waals surface area contributed by atoms with Gasteiger partial charge in [0.1, 0.15) is 12.1 Å². The molecule has 1 atom stereocenters. The quantitative estimate of drug-likeness (QED) is 0.461. The van der Waals surface area contributed by atoms with Crippen molar-refractivity contribution in [3.8, 4) is 0 Å². The third-order valence-corrected chi connectivity index (χ3v) is 6.80. The van der Waals surface area contributed by atoms with Crippen LogP contribution in [0.5, 0.6) is 0 Å². The first-order chi connectivity index (χ1) is 17.2. The van der Waals surface area contributed by atoms with Gasteiger partial charge in [-0.25, -0.2) is 9.78 Å². The summed E-state index contributed by atoms with van der Waals surface area (Å²) in [5.41, 5.74) is 0.572. The number of benzene rings is 2. The summed E-state index contributed by atoms with van der Waals surface area (Å²) in [7, 11) is 0. The molecule has 36 heavy (non-hydrogen) atoms. The van der Waals surface area contributed by atoms with Gasteiger partial charge in [0.2, 0.25) is 11.7 Å². The second-order valence-electron chi connectivity index (χ2n) is 9.24. The van der Waals surface area contributed by atoms with Gasteiger partial charge in [0.15, 0.2) is 0 Å². The minimum absolute atomic E-state index is 0.140. The lowest BCUT2D eigenvalue weighted by Gasteiger charge is -2.30. The van der Waals surface area contributed by atoms with Gasteiger partial charge in [-0.1, -0.05) is 55.7 Å². The highest BCUT2D eigenvalue weighted by molar-refractivity contribution is 6.09. The molecule has 1 aliphatic carbocycles. The molecule has 4 amide bonds. The van der Waals surface area contributed by atoms with E-state index in [2.05, 4.69) is 20.6 Å². The van der Waals surface area contributed by atoms with Crippen LogP contribution in [0.2, 0.25) is 0 Å². The Morgan fingerprint density at radius 1 is 1.06 bits per heavy atom. The van der Waals surface area contributed by atoms with Gasteiger partial charge in [-0.3, -0.25) is 14.5 Å². The number of aromatic nitrogens is 2. The molecule has 2 aliphatic rings. The fourth-order valence-corrected chi connectivity index (χ4v) is 5.01. The summed E-state index contributed by atoms with van der Waals surface area (Å²) >= 11 is 0. The van der Waals surface area contributed by atoms with Crippen LogP contribution in [0.4, 0.5) is 18.0 Å². The molecule has 5 rings (SSSR count). The lowest BCUT2D eigenvalue weighted by molar-refractivity contribution is -0.144. The number of rotatable bonds is 5. The minimum Gasteiger partial charge on any atom is -0.344 e. The third-order valence-electron chi connectivity index (χ3n) is 6.80. The summed E-state index contributed by atoms with van der Waals surface area (Å²) in [5, 5.41) is 5.62. The molecule has 2 fully saturated rings. The van der Waals surface area contributed by atoms with Gasteiger partial charge in [0.05, 0.1) is 17.1 Å². The zero-order valence-corrected chi connectivity index (χ0v) is 19.2. The van der Waals surface area contributed by atoms with E-state index in [-0.39, 0.29) is 11.0 Å². The van der Waals surface area contributed by atoms with Crippen LogP contribution in [0.3, 0.4) is 0 Å². The van der Waals surface area contributed by atoms with Gasteiger partial charge >= 0.3 is 12.2 Å². The summed E-state index contributed by atoms with van der Waals surface area (Å²) in [6.07, 6.45) is -0.874. The first-order valence-electron chi connectivity index (χ1n) is 11.7. The highest BCUT2D eigenvalue weighted by atomic mass is 19.4. The van der Waals surface area contributed by atoms with Crippen LogP contribution in [0, 0.1) is 0 Å². The average molecular weight is 499 g/mol. The molecule has 3 N–H and O–H groups in total. The molecule has 1 spiro atoms. The maximum atomic E-state index is 13.1. The fraction of sp³-hybridized carbons (Fsp3) is 0.360. The van der Waals surface area contributed by atoms with E-state index in [4.69, 9.17) is 0 Å². The molecule has 1 unspecified atom stereocenters. The van der Waals surface area contributed by atoms with Gasteiger partial charge in [0, 0.05) is 0 Å². The van der Waals surface area contributed by atoms with Crippen LogP contribution < -0.4 is 10.6 Å². The number of amides is 4. The van der Waals surface area contributed by atoms with Crippen molar-refractivity contribution < 1.29 is 27.6 Å². The van der Waals surface area contributed by atoms with E-state index in [0.29, 0.717) is 24.0 Å². The fourth-order valence-electron chi connectivity index (χ4n) is 5.01. The number of nitrogens with zero attached hydrogens (tertiary/aromatic N) is 2. The number of H-pyrrole nitrogens is 1. The molecule has 8 nitrogen and oxygen atoms in total. The SMILES string of the molecule is O=C(CN1C(=O)NC2(CCCCC2)C1=O)NC(c1ccccc1)c1ccc2nc(C(F)(F)F)[nH]c2c1. The Kier molecular flexibility index (Phi) is 5.93. The number of aromatic amines is 1. The molecule has 3 aromatic rings.